The third-order valence-electron chi connectivity index (χ3n) is 6.02. The van der Waals surface area contributed by atoms with Crippen LogP contribution in [0.25, 0.3) is 0 Å². The summed E-state index contributed by atoms with van der Waals surface area (Å²) in [6.45, 7) is 3.26. The van der Waals surface area contributed by atoms with Crippen molar-refractivity contribution in [3.05, 3.63) is 23.8 Å². The summed E-state index contributed by atoms with van der Waals surface area (Å²) in [5.74, 6) is 1.54. The minimum Gasteiger partial charge on any atom is -0.497 e. The third-order valence-corrected chi connectivity index (χ3v) is 6.02. The largest absolute Gasteiger partial charge is 0.497 e. The van der Waals surface area contributed by atoms with Gasteiger partial charge in [0.15, 0.2) is 0 Å². The van der Waals surface area contributed by atoms with E-state index in [0.29, 0.717) is 12.0 Å². The van der Waals surface area contributed by atoms with E-state index in [1.165, 1.54) is 74.7 Å². The summed E-state index contributed by atoms with van der Waals surface area (Å²) in [5.41, 5.74) is 4.11. The smallest absolute Gasteiger partial charge is 0.119 e. The first-order valence-electron chi connectivity index (χ1n) is 10.8. The summed E-state index contributed by atoms with van der Waals surface area (Å²) in [5, 5.41) is 3.73. The number of aliphatic imine (C=N–C) groups is 1. The van der Waals surface area contributed by atoms with Crippen LogP contribution < -0.4 is 10.1 Å². The fourth-order valence-electron chi connectivity index (χ4n) is 4.49. The van der Waals surface area contributed by atoms with Gasteiger partial charge < -0.3 is 10.1 Å². The molecule has 3 rings (SSSR count). The molecule has 0 radical (unpaired) electrons. The zero-order valence-corrected chi connectivity index (χ0v) is 16.7. The highest BCUT2D eigenvalue weighted by Gasteiger charge is 2.36. The van der Waals surface area contributed by atoms with Crippen LogP contribution in [0.1, 0.15) is 89.0 Å². The van der Waals surface area contributed by atoms with E-state index in [-0.39, 0.29) is 0 Å². The van der Waals surface area contributed by atoms with Gasteiger partial charge in [0.25, 0.3) is 0 Å². The van der Waals surface area contributed by atoms with Crippen molar-refractivity contribution in [2.75, 3.05) is 19.0 Å². The van der Waals surface area contributed by atoms with E-state index < -0.39 is 0 Å². The van der Waals surface area contributed by atoms with Crippen molar-refractivity contribution in [1.29, 1.82) is 0 Å². The van der Waals surface area contributed by atoms with Crippen LogP contribution in [-0.4, -0.2) is 25.4 Å². The normalized spacial score (nSPS) is 20.9. The second-order valence-electron chi connectivity index (χ2n) is 7.92. The molecule has 2 aliphatic heterocycles. The molecule has 0 spiro atoms. The molecule has 144 valence electrons. The molecule has 0 saturated heterocycles. The van der Waals surface area contributed by atoms with Gasteiger partial charge in [0.1, 0.15) is 5.75 Å². The second-order valence-corrected chi connectivity index (χ2v) is 7.92. The molecule has 1 aromatic carbocycles. The maximum absolute atomic E-state index is 5.42. The molecule has 1 aromatic rings. The van der Waals surface area contributed by atoms with Gasteiger partial charge in [-0.2, -0.15) is 0 Å². The van der Waals surface area contributed by atoms with Crippen LogP contribution in [0, 0.1) is 0 Å². The van der Waals surface area contributed by atoms with Gasteiger partial charge in [-0.25, -0.2) is 0 Å². The fraction of sp³-hybridized carbons (Fsp3) is 0.696. The summed E-state index contributed by atoms with van der Waals surface area (Å²) in [4.78, 5) is 4.89. The molecule has 0 fully saturated rings. The van der Waals surface area contributed by atoms with Crippen molar-refractivity contribution in [3.63, 3.8) is 0 Å². The topological polar surface area (TPSA) is 33.6 Å². The van der Waals surface area contributed by atoms with E-state index >= 15 is 0 Å². The monoisotopic (exact) mass is 356 g/mol. The third kappa shape index (κ3) is 4.81. The van der Waals surface area contributed by atoms with Crippen LogP contribution >= 0.6 is 0 Å². The second kappa shape index (κ2) is 9.99. The lowest BCUT2D eigenvalue weighted by atomic mass is 9.85. The molecular formula is C23H36N2O. The van der Waals surface area contributed by atoms with E-state index in [1.807, 2.05) is 0 Å². The molecule has 0 unspecified atom stereocenters. The molecule has 0 bridgehead atoms. The van der Waals surface area contributed by atoms with E-state index in [9.17, 15) is 0 Å². The minimum absolute atomic E-state index is 0.417. The van der Waals surface area contributed by atoms with Gasteiger partial charge in [-0.05, 0) is 43.0 Å². The zero-order chi connectivity index (χ0) is 18.2. The highest BCUT2D eigenvalue weighted by atomic mass is 16.5. The number of methoxy groups -OCH3 is 1. The van der Waals surface area contributed by atoms with Crippen molar-refractivity contribution < 1.29 is 4.74 Å². The lowest BCUT2D eigenvalue weighted by molar-refractivity contribution is 0.414. The highest BCUT2D eigenvalue weighted by Crippen LogP contribution is 2.42. The molecule has 2 aliphatic rings. The average molecular weight is 357 g/mol. The molecule has 3 nitrogen and oxygen atoms in total. The summed E-state index contributed by atoms with van der Waals surface area (Å²) in [6.07, 6.45) is 14.8. The number of nitrogens with zero attached hydrogens (tertiary/aromatic N) is 1. The molecule has 26 heavy (non-hydrogen) atoms. The number of benzene rings is 1. The lowest BCUT2D eigenvalue weighted by Crippen LogP contribution is -2.34. The molecule has 2 atom stereocenters. The van der Waals surface area contributed by atoms with Gasteiger partial charge in [0.05, 0.1) is 13.2 Å². The number of ether oxygens (including phenoxy) is 1. The molecule has 3 heteroatoms. The van der Waals surface area contributed by atoms with E-state index in [0.717, 1.165) is 25.1 Å². The number of fused-ring (bicyclic) bond motifs is 3. The Morgan fingerprint density at radius 2 is 1.77 bits per heavy atom. The van der Waals surface area contributed by atoms with Crippen LogP contribution in [0.5, 0.6) is 5.75 Å². The van der Waals surface area contributed by atoms with Crippen LogP contribution in [0.2, 0.25) is 0 Å². The molecule has 0 amide bonds. The first-order valence-corrected chi connectivity index (χ1v) is 10.8. The maximum Gasteiger partial charge on any atom is 0.119 e. The Bertz CT molecular complexity index is 596. The fourth-order valence-corrected chi connectivity index (χ4v) is 4.49. The molecular weight excluding hydrogens is 320 g/mol. The van der Waals surface area contributed by atoms with Gasteiger partial charge in [-0.15, -0.1) is 0 Å². The Hall–Kier alpha value is -1.51. The lowest BCUT2D eigenvalue weighted by Gasteiger charge is -2.26. The van der Waals surface area contributed by atoms with Crippen molar-refractivity contribution in [3.8, 4) is 5.75 Å². The average Bonchev–Trinajstić information content (AvgIpc) is 3.05. The summed E-state index contributed by atoms with van der Waals surface area (Å²) in [6, 6.07) is 6.86. The molecule has 0 aliphatic carbocycles. The quantitative estimate of drug-likeness (QED) is 0.469. The number of hydrogen-bond donors (Lipinski definition) is 1. The predicted molar refractivity (Wildman–Crippen MR) is 112 cm³/mol. The molecule has 0 aromatic heterocycles. The van der Waals surface area contributed by atoms with Crippen LogP contribution in [0.3, 0.4) is 0 Å². The summed E-state index contributed by atoms with van der Waals surface area (Å²) < 4.78 is 5.42. The van der Waals surface area contributed by atoms with Crippen molar-refractivity contribution in [1.82, 2.24) is 0 Å². The summed E-state index contributed by atoms with van der Waals surface area (Å²) >= 11 is 0. The zero-order valence-electron chi connectivity index (χ0n) is 16.7. The van der Waals surface area contributed by atoms with Crippen LogP contribution in [0.15, 0.2) is 23.2 Å². The molecule has 1 N–H and O–H groups in total. The molecule has 2 heterocycles. The van der Waals surface area contributed by atoms with Crippen molar-refractivity contribution in [2.24, 2.45) is 4.99 Å². The Kier molecular flexibility index (Phi) is 7.40. The van der Waals surface area contributed by atoms with Crippen LogP contribution in [0.4, 0.5) is 5.69 Å². The maximum atomic E-state index is 5.42. The SMILES string of the molecule is CCCCCCCCCCCC1=NCC[C@@H]2c3cc(OC)ccc3N[C@H]12. The number of anilines is 1. The van der Waals surface area contributed by atoms with Gasteiger partial charge in [-0.1, -0.05) is 58.3 Å². The Balaban J connectivity index is 1.41. The minimum atomic E-state index is 0.417. The van der Waals surface area contributed by atoms with Crippen LogP contribution in [-0.2, 0) is 0 Å². The highest BCUT2D eigenvalue weighted by molar-refractivity contribution is 5.95. The number of rotatable bonds is 11. The van der Waals surface area contributed by atoms with Gasteiger partial charge >= 0.3 is 0 Å². The van der Waals surface area contributed by atoms with Gasteiger partial charge in [0.2, 0.25) is 0 Å². The number of nitrogens with one attached hydrogen (secondary N) is 1. The Morgan fingerprint density at radius 3 is 2.50 bits per heavy atom. The Morgan fingerprint density at radius 1 is 1.04 bits per heavy atom. The van der Waals surface area contributed by atoms with E-state index in [2.05, 4.69) is 30.4 Å². The summed E-state index contributed by atoms with van der Waals surface area (Å²) in [7, 11) is 1.75. The first kappa shape index (κ1) is 19.3. The van der Waals surface area contributed by atoms with Crippen molar-refractivity contribution in [2.45, 2.75) is 89.5 Å². The molecule has 0 saturated carbocycles. The standard InChI is InChI=1S/C23H36N2O/c1-3-4-5-6-7-8-9-10-11-12-22-23-19(15-16-24-22)20-17-18(26-2)13-14-21(20)25-23/h13-14,17,19,23,25H,3-12,15-16H2,1-2H3/t19-,23+/m1/s1. The van der Waals surface area contributed by atoms with Gasteiger partial charge in [-0.3, -0.25) is 4.99 Å². The van der Waals surface area contributed by atoms with E-state index in [1.54, 1.807) is 7.11 Å². The first-order chi connectivity index (χ1) is 12.8. The predicted octanol–water partition coefficient (Wildman–Crippen LogP) is 6.34. The van der Waals surface area contributed by atoms with Crippen molar-refractivity contribution >= 4 is 11.4 Å². The number of unbranched alkanes of at least 4 members (excludes halogenated alkanes) is 8. The number of hydrogen-bond acceptors (Lipinski definition) is 3. The van der Waals surface area contributed by atoms with Gasteiger partial charge in [0, 0.05) is 23.9 Å². The Labute approximate surface area is 159 Å². The van der Waals surface area contributed by atoms with E-state index in [4.69, 9.17) is 9.73 Å².